The van der Waals surface area contributed by atoms with Crippen LogP contribution in [0.15, 0.2) is 24.3 Å². The Balaban J connectivity index is 0.00000132. The molecule has 1 N–H and O–H groups in total. The third-order valence-electron chi connectivity index (χ3n) is 5.85. The van der Waals surface area contributed by atoms with Gasteiger partial charge < -0.3 is 5.32 Å². The second-order valence-corrected chi connectivity index (χ2v) is 7.77. The van der Waals surface area contributed by atoms with Crippen LogP contribution in [-0.4, -0.2) is 5.54 Å². The lowest BCUT2D eigenvalue weighted by molar-refractivity contribution is -0.0206. The van der Waals surface area contributed by atoms with Crippen molar-refractivity contribution in [2.75, 3.05) is 0 Å². The Labute approximate surface area is 134 Å². The van der Waals surface area contributed by atoms with Gasteiger partial charge in [0.15, 0.2) is 0 Å². The van der Waals surface area contributed by atoms with E-state index < -0.39 is 0 Å². The second kappa shape index (κ2) is 5.93. The summed E-state index contributed by atoms with van der Waals surface area (Å²) in [6, 6.07) is 8.72. The highest BCUT2D eigenvalue weighted by molar-refractivity contribution is 6.17. The Morgan fingerprint density at radius 3 is 2.14 bits per heavy atom. The molecule has 0 spiro atoms. The molecule has 4 fully saturated rings. The second-order valence-electron chi connectivity index (χ2n) is 7.51. The fourth-order valence-corrected chi connectivity index (χ4v) is 5.61. The third-order valence-corrected chi connectivity index (χ3v) is 6.16. The standard InChI is InChI=1S/C18H24ClN.CH4/c19-11-13-2-1-3-14(4-13)12-20-18-8-15-5-16(9-18)7-17(6-15)10-18;/h1-4,15-17,20H,5-12H2;1H4. The van der Waals surface area contributed by atoms with Gasteiger partial charge in [0.05, 0.1) is 0 Å². The molecular formula is C19H28ClN. The molecule has 21 heavy (non-hydrogen) atoms. The van der Waals surface area contributed by atoms with Gasteiger partial charge in [0.25, 0.3) is 0 Å². The molecule has 1 nitrogen and oxygen atoms in total. The summed E-state index contributed by atoms with van der Waals surface area (Å²) in [4.78, 5) is 0. The molecule has 0 aliphatic heterocycles. The van der Waals surface area contributed by atoms with Gasteiger partial charge in [-0.05, 0) is 67.4 Å². The lowest BCUT2D eigenvalue weighted by atomic mass is 9.53. The van der Waals surface area contributed by atoms with Crippen molar-refractivity contribution < 1.29 is 0 Å². The van der Waals surface area contributed by atoms with Crippen LogP contribution in [0.25, 0.3) is 0 Å². The lowest BCUT2D eigenvalue weighted by Gasteiger charge is -2.57. The van der Waals surface area contributed by atoms with E-state index in [4.69, 9.17) is 11.6 Å². The average Bonchev–Trinajstić information content (AvgIpc) is 2.44. The van der Waals surface area contributed by atoms with Gasteiger partial charge in [0.1, 0.15) is 0 Å². The zero-order valence-corrected chi connectivity index (χ0v) is 12.8. The van der Waals surface area contributed by atoms with Crippen LogP contribution in [0, 0.1) is 17.8 Å². The molecule has 0 amide bonds. The van der Waals surface area contributed by atoms with E-state index in [2.05, 4.69) is 29.6 Å². The summed E-state index contributed by atoms with van der Waals surface area (Å²) in [6.45, 7) is 1.01. The minimum atomic E-state index is 0. The van der Waals surface area contributed by atoms with E-state index in [0.29, 0.717) is 11.4 Å². The van der Waals surface area contributed by atoms with Crippen LogP contribution < -0.4 is 5.32 Å². The number of nitrogens with one attached hydrogen (secondary N) is 1. The first-order valence-corrected chi connectivity index (χ1v) is 8.67. The van der Waals surface area contributed by atoms with E-state index in [1.54, 1.807) is 0 Å². The van der Waals surface area contributed by atoms with E-state index in [1.807, 2.05) is 0 Å². The quantitative estimate of drug-likeness (QED) is 0.761. The summed E-state index contributed by atoms with van der Waals surface area (Å²) in [6.07, 6.45) is 8.82. The SMILES string of the molecule is C.ClCc1cccc(CNC23CC4CC(CC(C4)C2)C3)c1. The summed E-state index contributed by atoms with van der Waals surface area (Å²) in [5.74, 6) is 3.67. The number of halogens is 1. The number of hydrogen-bond acceptors (Lipinski definition) is 1. The molecule has 0 atom stereocenters. The first-order chi connectivity index (χ1) is 9.75. The molecule has 0 radical (unpaired) electrons. The van der Waals surface area contributed by atoms with Gasteiger partial charge in [-0.3, -0.25) is 0 Å². The van der Waals surface area contributed by atoms with Crippen LogP contribution in [0.2, 0.25) is 0 Å². The van der Waals surface area contributed by atoms with Gasteiger partial charge >= 0.3 is 0 Å². The zero-order valence-electron chi connectivity index (χ0n) is 12.1. The molecule has 4 saturated carbocycles. The number of alkyl halides is 1. The maximum atomic E-state index is 5.94. The van der Waals surface area contributed by atoms with Crippen LogP contribution in [0.3, 0.4) is 0 Å². The van der Waals surface area contributed by atoms with Gasteiger partial charge in [-0.25, -0.2) is 0 Å². The summed E-state index contributed by atoms with van der Waals surface area (Å²) >= 11 is 5.94. The van der Waals surface area contributed by atoms with Crippen molar-refractivity contribution in [2.45, 2.75) is 63.9 Å². The number of benzene rings is 1. The fourth-order valence-electron chi connectivity index (χ4n) is 5.44. The molecule has 4 aliphatic rings. The fraction of sp³-hybridized carbons (Fsp3) is 0.684. The van der Waals surface area contributed by atoms with Gasteiger partial charge in [-0.1, -0.05) is 31.7 Å². The Morgan fingerprint density at radius 1 is 1.00 bits per heavy atom. The van der Waals surface area contributed by atoms with Gasteiger partial charge in [0.2, 0.25) is 0 Å². The summed E-state index contributed by atoms with van der Waals surface area (Å²) < 4.78 is 0. The van der Waals surface area contributed by atoms with Crippen molar-refractivity contribution in [1.82, 2.24) is 5.32 Å². The highest BCUT2D eigenvalue weighted by atomic mass is 35.5. The van der Waals surface area contributed by atoms with E-state index in [-0.39, 0.29) is 7.43 Å². The van der Waals surface area contributed by atoms with Gasteiger partial charge in [-0.2, -0.15) is 0 Å². The Hall–Kier alpha value is -0.530. The predicted molar refractivity (Wildman–Crippen MR) is 90.5 cm³/mol. The summed E-state index contributed by atoms with van der Waals surface area (Å²) in [5, 5.41) is 3.95. The Kier molecular flexibility index (Phi) is 4.34. The van der Waals surface area contributed by atoms with E-state index >= 15 is 0 Å². The van der Waals surface area contributed by atoms with E-state index in [0.717, 1.165) is 24.3 Å². The van der Waals surface area contributed by atoms with Crippen LogP contribution in [0.4, 0.5) is 0 Å². The van der Waals surface area contributed by atoms with Crippen LogP contribution in [-0.2, 0) is 12.4 Å². The molecule has 0 heterocycles. The minimum Gasteiger partial charge on any atom is -0.307 e. The normalized spacial score (nSPS) is 36.5. The summed E-state index contributed by atoms with van der Waals surface area (Å²) in [7, 11) is 0. The molecule has 4 aliphatic carbocycles. The van der Waals surface area contributed by atoms with Crippen molar-refractivity contribution in [3.05, 3.63) is 35.4 Å². The minimum absolute atomic E-state index is 0. The van der Waals surface area contributed by atoms with Crippen molar-refractivity contribution >= 4 is 11.6 Å². The van der Waals surface area contributed by atoms with E-state index in [1.165, 1.54) is 49.7 Å². The zero-order chi connectivity index (χ0) is 13.6. The lowest BCUT2D eigenvalue weighted by Crippen LogP contribution is -2.58. The molecule has 116 valence electrons. The Bertz CT molecular complexity index is 461. The molecule has 4 bridgehead atoms. The van der Waals surface area contributed by atoms with Gasteiger partial charge in [-0.15, -0.1) is 11.6 Å². The molecule has 1 aromatic carbocycles. The maximum Gasteiger partial charge on any atom is 0.0474 e. The van der Waals surface area contributed by atoms with E-state index in [9.17, 15) is 0 Å². The molecule has 2 heteroatoms. The van der Waals surface area contributed by atoms with Crippen LogP contribution in [0.5, 0.6) is 0 Å². The third kappa shape index (κ3) is 3.00. The maximum absolute atomic E-state index is 5.94. The molecule has 0 saturated heterocycles. The van der Waals surface area contributed by atoms with Gasteiger partial charge in [0, 0.05) is 18.0 Å². The van der Waals surface area contributed by atoms with Crippen molar-refractivity contribution in [3.8, 4) is 0 Å². The molecule has 1 aromatic rings. The van der Waals surface area contributed by atoms with Crippen molar-refractivity contribution in [3.63, 3.8) is 0 Å². The molecule has 0 aromatic heterocycles. The van der Waals surface area contributed by atoms with Crippen molar-refractivity contribution in [1.29, 1.82) is 0 Å². The monoisotopic (exact) mass is 305 g/mol. The smallest absolute Gasteiger partial charge is 0.0474 e. The largest absolute Gasteiger partial charge is 0.307 e. The highest BCUT2D eigenvalue weighted by Crippen LogP contribution is 2.55. The van der Waals surface area contributed by atoms with Crippen LogP contribution >= 0.6 is 11.6 Å². The number of hydrogen-bond donors (Lipinski definition) is 1. The summed E-state index contributed by atoms with van der Waals surface area (Å²) in [5.41, 5.74) is 3.08. The molecule has 5 rings (SSSR count). The predicted octanol–water partition coefficient (Wildman–Crippen LogP) is 5.12. The van der Waals surface area contributed by atoms with Crippen molar-refractivity contribution in [2.24, 2.45) is 17.8 Å². The highest BCUT2D eigenvalue weighted by Gasteiger charge is 2.50. The first-order valence-electron chi connectivity index (χ1n) is 8.13. The Morgan fingerprint density at radius 2 is 1.57 bits per heavy atom. The molecular weight excluding hydrogens is 278 g/mol. The number of rotatable bonds is 4. The van der Waals surface area contributed by atoms with Crippen LogP contribution in [0.1, 0.15) is 57.1 Å². The first kappa shape index (κ1) is 15.4. The topological polar surface area (TPSA) is 12.0 Å². The average molecular weight is 306 g/mol. The molecule has 0 unspecified atom stereocenters.